The fourth-order valence-corrected chi connectivity index (χ4v) is 1.83. The highest BCUT2D eigenvalue weighted by Crippen LogP contribution is 2.20. The average molecular weight is 322 g/mol. The van der Waals surface area contributed by atoms with E-state index in [9.17, 15) is 40.7 Å². The van der Waals surface area contributed by atoms with Gasteiger partial charge in [0, 0.05) is 0 Å². The van der Waals surface area contributed by atoms with Crippen LogP contribution >= 0.6 is 0 Å². The van der Waals surface area contributed by atoms with Gasteiger partial charge >= 0.3 is 0 Å². The Labute approximate surface area is 119 Å². The van der Waals surface area contributed by atoms with Gasteiger partial charge in [0.25, 0.3) is 11.9 Å². The standard InChI is InChI=1S/C6H10N8O8/c15-1-3(17)11(5(7-1)9-13(19)20)12-4(18)2(16)8-6(12)10-14(21)22/h1-4,15-18H,(H,7,9)(H,8,10). The monoisotopic (exact) mass is 322 g/mol. The number of hydrogen-bond acceptors (Lipinski definition) is 8. The van der Waals surface area contributed by atoms with Gasteiger partial charge in [0.1, 0.15) is 10.2 Å². The smallest absolute Gasteiger partial charge is 0.295 e. The van der Waals surface area contributed by atoms with E-state index < -0.39 is 46.9 Å². The second-order valence-corrected chi connectivity index (χ2v) is 4.02. The highest BCUT2D eigenvalue weighted by atomic mass is 16.7. The van der Waals surface area contributed by atoms with Crippen molar-refractivity contribution in [3.63, 3.8) is 0 Å². The minimum Gasteiger partial charge on any atom is -0.369 e. The molecule has 16 heteroatoms. The number of hydrogen-bond donors (Lipinski definition) is 6. The molecule has 0 aromatic rings. The van der Waals surface area contributed by atoms with Crippen molar-refractivity contribution in [3.8, 4) is 0 Å². The molecule has 4 atom stereocenters. The minimum absolute atomic E-state index is 0.434. The number of nitrogens with zero attached hydrogens (tertiary/aromatic N) is 6. The third-order valence-electron chi connectivity index (χ3n) is 2.64. The van der Waals surface area contributed by atoms with Crippen LogP contribution in [0.1, 0.15) is 0 Å². The molecule has 122 valence electrons. The maximum atomic E-state index is 10.4. The number of hydrazone groups is 2. The van der Waals surface area contributed by atoms with E-state index in [-0.39, 0.29) is 0 Å². The van der Waals surface area contributed by atoms with Crippen molar-refractivity contribution in [2.45, 2.75) is 24.9 Å². The number of rotatable bonds is 3. The summed E-state index contributed by atoms with van der Waals surface area (Å²) in [5, 5.41) is 67.6. The summed E-state index contributed by atoms with van der Waals surface area (Å²) in [7, 11) is 0. The first-order valence-electron chi connectivity index (χ1n) is 5.52. The number of aliphatic hydroxyl groups is 4. The van der Waals surface area contributed by atoms with E-state index in [1.54, 1.807) is 0 Å². The van der Waals surface area contributed by atoms with Crippen LogP contribution in [-0.4, -0.2) is 77.3 Å². The van der Waals surface area contributed by atoms with Crippen molar-refractivity contribution in [2.24, 2.45) is 10.2 Å². The van der Waals surface area contributed by atoms with Gasteiger partial charge in [-0.2, -0.15) is 0 Å². The summed E-state index contributed by atoms with van der Waals surface area (Å²) >= 11 is 0. The second kappa shape index (κ2) is 5.52. The van der Waals surface area contributed by atoms with Crippen LogP contribution in [0.4, 0.5) is 0 Å². The summed E-state index contributed by atoms with van der Waals surface area (Å²) in [4.78, 5) is 20.9. The number of nitrogens with one attached hydrogen (secondary N) is 2. The normalized spacial score (nSPS) is 34.9. The van der Waals surface area contributed by atoms with E-state index in [4.69, 9.17) is 0 Å². The third kappa shape index (κ3) is 2.65. The average Bonchev–Trinajstić information content (AvgIpc) is 2.78. The molecule has 16 nitrogen and oxygen atoms in total. The molecule has 0 aliphatic carbocycles. The molecule has 0 spiro atoms. The number of hydrazine groups is 1. The van der Waals surface area contributed by atoms with Gasteiger partial charge in [0.15, 0.2) is 35.0 Å². The molecule has 0 amide bonds. The zero-order chi connectivity index (χ0) is 16.6. The quantitative estimate of drug-likeness (QED) is 0.212. The minimum atomic E-state index is -1.91. The Kier molecular flexibility index (Phi) is 3.91. The largest absolute Gasteiger partial charge is 0.369 e. The Hall–Kier alpha value is -2.82. The summed E-state index contributed by atoms with van der Waals surface area (Å²) < 4.78 is 0. The zero-order valence-corrected chi connectivity index (χ0v) is 10.4. The van der Waals surface area contributed by atoms with Crippen molar-refractivity contribution in [1.29, 1.82) is 0 Å². The third-order valence-corrected chi connectivity index (χ3v) is 2.64. The molecule has 2 aliphatic heterocycles. The number of nitro groups is 2. The van der Waals surface area contributed by atoms with Gasteiger partial charge in [0.2, 0.25) is 0 Å². The van der Waals surface area contributed by atoms with E-state index in [1.807, 2.05) is 10.6 Å². The van der Waals surface area contributed by atoms with Crippen LogP contribution in [0.5, 0.6) is 0 Å². The number of aliphatic hydroxyl groups excluding tert-OH is 4. The highest BCUT2D eigenvalue weighted by molar-refractivity contribution is 5.88. The van der Waals surface area contributed by atoms with E-state index >= 15 is 0 Å². The molecular weight excluding hydrogens is 312 g/mol. The maximum Gasteiger partial charge on any atom is 0.295 e. The van der Waals surface area contributed by atoms with Crippen molar-refractivity contribution in [3.05, 3.63) is 20.2 Å². The van der Waals surface area contributed by atoms with Gasteiger partial charge in [-0.25, -0.2) is 30.2 Å². The Bertz CT molecular complexity index is 503. The van der Waals surface area contributed by atoms with E-state index in [1.165, 1.54) is 0 Å². The van der Waals surface area contributed by atoms with Crippen LogP contribution in [0.2, 0.25) is 0 Å². The van der Waals surface area contributed by atoms with Crippen molar-refractivity contribution in [1.82, 2.24) is 20.7 Å². The first kappa shape index (κ1) is 15.6. The first-order chi connectivity index (χ1) is 10.2. The van der Waals surface area contributed by atoms with Gasteiger partial charge < -0.3 is 31.1 Å². The van der Waals surface area contributed by atoms with Gasteiger partial charge in [0.05, 0.1) is 0 Å². The molecule has 0 aromatic carbocycles. The molecule has 2 saturated heterocycles. The maximum absolute atomic E-state index is 10.4. The van der Waals surface area contributed by atoms with Crippen LogP contribution in [0.25, 0.3) is 0 Å². The van der Waals surface area contributed by atoms with Crippen molar-refractivity contribution >= 4 is 11.9 Å². The summed E-state index contributed by atoms with van der Waals surface area (Å²) in [5.41, 5.74) is 0. The fourth-order valence-electron chi connectivity index (χ4n) is 1.83. The molecule has 4 unspecified atom stereocenters. The van der Waals surface area contributed by atoms with Gasteiger partial charge in [-0.05, 0) is 0 Å². The lowest BCUT2D eigenvalue weighted by Gasteiger charge is -2.31. The Morgan fingerprint density at radius 2 is 1.18 bits per heavy atom. The lowest BCUT2D eigenvalue weighted by molar-refractivity contribution is -0.487. The lowest BCUT2D eigenvalue weighted by Crippen LogP contribution is -2.55. The predicted octanol–water partition coefficient (Wildman–Crippen LogP) is -4.92. The molecule has 2 heterocycles. The van der Waals surface area contributed by atoms with Gasteiger partial charge in [-0.15, -0.1) is 0 Å². The lowest BCUT2D eigenvalue weighted by atomic mass is 10.5. The van der Waals surface area contributed by atoms with Gasteiger partial charge in [-0.3, -0.25) is 0 Å². The molecule has 0 saturated carbocycles. The number of guanidine groups is 2. The molecule has 0 radical (unpaired) electrons. The second-order valence-electron chi connectivity index (χ2n) is 4.02. The topological polar surface area (TPSA) is 222 Å². The Morgan fingerprint density at radius 1 is 0.864 bits per heavy atom. The van der Waals surface area contributed by atoms with Crippen LogP contribution in [0, 0.1) is 20.2 Å². The summed E-state index contributed by atoms with van der Waals surface area (Å²) in [6.07, 6.45) is -7.31. The SMILES string of the molecule is O=[N+]([O-])/N=C1\NC(O)C(O)N1N1/C(=N/[N+](=O)[O-])NC(O)C1O. The van der Waals surface area contributed by atoms with Crippen LogP contribution in [-0.2, 0) is 0 Å². The van der Waals surface area contributed by atoms with Gasteiger partial charge in [-0.1, -0.05) is 0 Å². The molecule has 6 N–H and O–H groups in total. The first-order valence-corrected chi connectivity index (χ1v) is 5.52. The molecule has 22 heavy (non-hydrogen) atoms. The fraction of sp³-hybridized carbons (Fsp3) is 0.667. The molecule has 2 fully saturated rings. The Balaban J connectivity index is 2.44. The van der Waals surface area contributed by atoms with Crippen molar-refractivity contribution < 1.29 is 30.5 Å². The Morgan fingerprint density at radius 3 is 1.45 bits per heavy atom. The van der Waals surface area contributed by atoms with Crippen LogP contribution in [0.15, 0.2) is 10.2 Å². The van der Waals surface area contributed by atoms with E-state index in [2.05, 4.69) is 10.2 Å². The molecular formula is C6H10N8O8. The van der Waals surface area contributed by atoms with Crippen molar-refractivity contribution in [2.75, 3.05) is 0 Å². The summed E-state index contributed by atoms with van der Waals surface area (Å²) in [5.74, 6) is -1.48. The summed E-state index contributed by atoms with van der Waals surface area (Å²) in [6, 6.07) is 0. The van der Waals surface area contributed by atoms with E-state index in [0.29, 0.717) is 10.0 Å². The zero-order valence-electron chi connectivity index (χ0n) is 10.4. The highest BCUT2D eigenvalue weighted by Gasteiger charge is 2.50. The molecule has 0 bridgehead atoms. The molecule has 2 rings (SSSR count). The molecule has 0 aromatic heterocycles. The molecule has 2 aliphatic rings. The van der Waals surface area contributed by atoms with Crippen LogP contribution in [0.3, 0.4) is 0 Å². The van der Waals surface area contributed by atoms with E-state index in [0.717, 1.165) is 0 Å². The predicted molar refractivity (Wildman–Crippen MR) is 62.8 cm³/mol. The summed E-state index contributed by atoms with van der Waals surface area (Å²) in [6.45, 7) is 0. The van der Waals surface area contributed by atoms with Crippen LogP contribution < -0.4 is 10.6 Å².